The first-order valence-electron chi connectivity index (χ1n) is 4.56. The Kier molecular flexibility index (Phi) is 5.76. The predicted octanol–water partition coefficient (Wildman–Crippen LogP) is 2.95. The standard InChI is InChI=1S/C11H17N.ClH/c1-3-11(9(2)12)10-7-5-4-6-8-10;/h4-9,11H,3,12H2,1-2H3;1H. The maximum Gasteiger partial charge on any atom is 0.00792 e. The third-order valence-corrected chi connectivity index (χ3v) is 2.30. The van der Waals surface area contributed by atoms with Gasteiger partial charge in [-0.1, -0.05) is 37.3 Å². The molecule has 2 N–H and O–H groups in total. The molecule has 0 spiro atoms. The molecule has 0 fully saturated rings. The largest absolute Gasteiger partial charge is 0.327 e. The summed E-state index contributed by atoms with van der Waals surface area (Å²) in [6.45, 7) is 4.25. The lowest BCUT2D eigenvalue weighted by Gasteiger charge is -2.18. The average Bonchev–Trinajstić information content (AvgIpc) is 2.07. The molecule has 1 aromatic carbocycles. The minimum atomic E-state index is 0. The van der Waals surface area contributed by atoms with E-state index >= 15 is 0 Å². The molecule has 0 radical (unpaired) electrons. The summed E-state index contributed by atoms with van der Waals surface area (Å²) < 4.78 is 0. The first kappa shape index (κ1) is 12.5. The SMILES string of the molecule is CCC(c1ccccc1)C(C)N.Cl. The number of rotatable bonds is 3. The van der Waals surface area contributed by atoms with Gasteiger partial charge in [0.25, 0.3) is 0 Å². The van der Waals surface area contributed by atoms with Crippen LogP contribution in [0.1, 0.15) is 31.7 Å². The van der Waals surface area contributed by atoms with Gasteiger partial charge in [0.05, 0.1) is 0 Å². The summed E-state index contributed by atoms with van der Waals surface area (Å²) in [7, 11) is 0. The second kappa shape index (κ2) is 6.01. The van der Waals surface area contributed by atoms with Crippen molar-refractivity contribution in [1.29, 1.82) is 0 Å². The third kappa shape index (κ3) is 3.37. The van der Waals surface area contributed by atoms with E-state index in [1.807, 2.05) is 6.07 Å². The molecular formula is C11H18ClN. The molecular weight excluding hydrogens is 182 g/mol. The van der Waals surface area contributed by atoms with E-state index in [9.17, 15) is 0 Å². The fourth-order valence-electron chi connectivity index (χ4n) is 1.61. The summed E-state index contributed by atoms with van der Waals surface area (Å²) in [6, 6.07) is 10.7. The molecule has 2 atom stereocenters. The van der Waals surface area contributed by atoms with Crippen LogP contribution in [0.25, 0.3) is 0 Å². The molecule has 74 valence electrons. The summed E-state index contributed by atoms with van der Waals surface area (Å²) in [5, 5.41) is 0. The lowest BCUT2D eigenvalue weighted by Crippen LogP contribution is -2.24. The van der Waals surface area contributed by atoms with Crippen molar-refractivity contribution in [3.63, 3.8) is 0 Å². The molecule has 0 bridgehead atoms. The molecule has 1 rings (SSSR count). The molecule has 2 heteroatoms. The zero-order chi connectivity index (χ0) is 8.97. The van der Waals surface area contributed by atoms with E-state index in [0.29, 0.717) is 5.92 Å². The van der Waals surface area contributed by atoms with Crippen LogP contribution in [0.5, 0.6) is 0 Å². The highest BCUT2D eigenvalue weighted by molar-refractivity contribution is 5.85. The number of hydrogen-bond donors (Lipinski definition) is 1. The average molecular weight is 200 g/mol. The van der Waals surface area contributed by atoms with Crippen LogP contribution in [0, 0.1) is 0 Å². The topological polar surface area (TPSA) is 26.0 Å². The summed E-state index contributed by atoms with van der Waals surface area (Å²) in [6.07, 6.45) is 1.11. The van der Waals surface area contributed by atoms with Crippen LogP contribution in [-0.2, 0) is 0 Å². The number of nitrogens with two attached hydrogens (primary N) is 1. The Morgan fingerprint density at radius 3 is 2.15 bits per heavy atom. The molecule has 1 aromatic rings. The Hall–Kier alpha value is -0.530. The van der Waals surface area contributed by atoms with Crippen molar-refractivity contribution in [3.05, 3.63) is 35.9 Å². The van der Waals surface area contributed by atoms with Crippen molar-refractivity contribution >= 4 is 12.4 Å². The van der Waals surface area contributed by atoms with Gasteiger partial charge >= 0.3 is 0 Å². The van der Waals surface area contributed by atoms with Crippen LogP contribution < -0.4 is 5.73 Å². The van der Waals surface area contributed by atoms with Crippen LogP contribution in [0.15, 0.2) is 30.3 Å². The number of halogens is 1. The molecule has 13 heavy (non-hydrogen) atoms. The fourth-order valence-corrected chi connectivity index (χ4v) is 1.61. The second-order valence-electron chi connectivity index (χ2n) is 3.28. The van der Waals surface area contributed by atoms with Gasteiger partial charge in [0, 0.05) is 6.04 Å². The monoisotopic (exact) mass is 199 g/mol. The Morgan fingerprint density at radius 2 is 1.77 bits per heavy atom. The predicted molar refractivity (Wildman–Crippen MR) is 60.4 cm³/mol. The van der Waals surface area contributed by atoms with Crippen LogP contribution >= 0.6 is 12.4 Å². The highest BCUT2D eigenvalue weighted by Crippen LogP contribution is 2.21. The molecule has 0 heterocycles. The quantitative estimate of drug-likeness (QED) is 0.796. The molecule has 0 aliphatic heterocycles. The Balaban J connectivity index is 0.00000144. The Morgan fingerprint density at radius 1 is 1.23 bits per heavy atom. The molecule has 1 nitrogen and oxygen atoms in total. The molecule has 0 aliphatic carbocycles. The van der Waals surface area contributed by atoms with E-state index in [4.69, 9.17) is 5.73 Å². The fraction of sp³-hybridized carbons (Fsp3) is 0.455. The van der Waals surface area contributed by atoms with Crippen molar-refractivity contribution in [2.45, 2.75) is 32.2 Å². The van der Waals surface area contributed by atoms with Gasteiger partial charge in [0.15, 0.2) is 0 Å². The van der Waals surface area contributed by atoms with Crippen LogP contribution in [-0.4, -0.2) is 6.04 Å². The van der Waals surface area contributed by atoms with Gasteiger partial charge in [0.2, 0.25) is 0 Å². The number of hydrogen-bond acceptors (Lipinski definition) is 1. The third-order valence-electron chi connectivity index (χ3n) is 2.30. The van der Waals surface area contributed by atoms with Gasteiger partial charge in [-0.15, -0.1) is 12.4 Å². The van der Waals surface area contributed by atoms with Gasteiger partial charge in [-0.05, 0) is 24.8 Å². The van der Waals surface area contributed by atoms with Gasteiger partial charge in [-0.25, -0.2) is 0 Å². The molecule has 2 unspecified atom stereocenters. The van der Waals surface area contributed by atoms with E-state index in [2.05, 4.69) is 38.1 Å². The minimum Gasteiger partial charge on any atom is -0.327 e. The maximum atomic E-state index is 5.88. The maximum absolute atomic E-state index is 5.88. The molecule has 0 aromatic heterocycles. The van der Waals surface area contributed by atoms with Crippen molar-refractivity contribution < 1.29 is 0 Å². The normalized spacial score (nSPS) is 14.4. The first-order valence-corrected chi connectivity index (χ1v) is 4.56. The van der Waals surface area contributed by atoms with E-state index in [-0.39, 0.29) is 18.4 Å². The number of benzene rings is 1. The van der Waals surface area contributed by atoms with Crippen molar-refractivity contribution in [1.82, 2.24) is 0 Å². The summed E-state index contributed by atoms with van der Waals surface area (Å²) in [5.41, 5.74) is 7.24. The van der Waals surface area contributed by atoms with E-state index in [1.54, 1.807) is 0 Å². The van der Waals surface area contributed by atoms with E-state index < -0.39 is 0 Å². The van der Waals surface area contributed by atoms with E-state index in [1.165, 1.54) is 5.56 Å². The lowest BCUT2D eigenvalue weighted by atomic mass is 9.91. The van der Waals surface area contributed by atoms with E-state index in [0.717, 1.165) is 6.42 Å². The summed E-state index contributed by atoms with van der Waals surface area (Å²) in [5.74, 6) is 0.506. The molecule has 0 saturated carbocycles. The first-order chi connectivity index (χ1) is 5.75. The van der Waals surface area contributed by atoms with Gasteiger partial charge in [-0.3, -0.25) is 0 Å². The van der Waals surface area contributed by atoms with Gasteiger partial charge in [-0.2, -0.15) is 0 Å². The van der Waals surface area contributed by atoms with Crippen molar-refractivity contribution in [3.8, 4) is 0 Å². The smallest absolute Gasteiger partial charge is 0.00792 e. The van der Waals surface area contributed by atoms with Crippen LogP contribution in [0.3, 0.4) is 0 Å². The van der Waals surface area contributed by atoms with Gasteiger partial charge < -0.3 is 5.73 Å². The lowest BCUT2D eigenvalue weighted by molar-refractivity contribution is 0.553. The summed E-state index contributed by atoms with van der Waals surface area (Å²) in [4.78, 5) is 0. The van der Waals surface area contributed by atoms with Crippen molar-refractivity contribution in [2.24, 2.45) is 5.73 Å². The zero-order valence-electron chi connectivity index (χ0n) is 8.23. The van der Waals surface area contributed by atoms with Crippen LogP contribution in [0.4, 0.5) is 0 Å². The zero-order valence-corrected chi connectivity index (χ0v) is 9.05. The highest BCUT2D eigenvalue weighted by atomic mass is 35.5. The highest BCUT2D eigenvalue weighted by Gasteiger charge is 2.12. The molecule has 0 aliphatic rings. The molecule has 0 amide bonds. The van der Waals surface area contributed by atoms with Crippen LogP contribution in [0.2, 0.25) is 0 Å². The van der Waals surface area contributed by atoms with Crippen molar-refractivity contribution in [2.75, 3.05) is 0 Å². The molecule has 0 saturated heterocycles. The summed E-state index contributed by atoms with van der Waals surface area (Å²) >= 11 is 0. The Bertz CT molecular complexity index is 221. The minimum absolute atomic E-state index is 0. The second-order valence-corrected chi connectivity index (χ2v) is 3.28. The Labute approximate surface area is 86.7 Å². The van der Waals surface area contributed by atoms with Gasteiger partial charge in [0.1, 0.15) is 0 Å².